The molecule has 0 spiro atoms. The van der Waals surface area contributed by atoms with Crippen LogP contribution in [0.2, 0.25) is 0 Å². The fourth-order valence-electron chi connectivity index (χ4n) is 1.86. The summed E-state index contributed by atoms with van der Waals surface area (Å²) in [5.74, 6) is 0.893. The van der Waals surface area contributed by atoms with Gasteiger partial charge in [-0.1, -0.05) is 37.7 Å². The first-order chi connectivity index (χ1) is 9.58. The molecule has 1 aromatic heterocycles. The summed E-state index contributed by atoms with van der Waals surface area (Å²) in [6.45, 7) is 4.36. The monoisotopic (exact) mass is 289 g/mol. The van der Waals surface area contributed by atoms with E-state index in [0.717, 1.165) is 10.8 Å². The molecule has 4 nitrogen and oxygen atoms in total. The molecule has 20 heavy (non-hydrogen) atoms. The molecule has 0 aliphatic carbocycles. The van der Waals surface area contributed by atoms with Crippen LogP contribution in [0.5, 0.6) is 0 Å². The molecule has 0 radical (unpaired) electrons. The molecule has 0 fully saturated rings. The van der Waals surface area contributed by atoms with Gasteiger partial charge in [-0.25, -0.2) is 4.98 Å². The van der Waals surface area contributed by atoms with Crippen LogP contribution < -0.4 is 5.73 Å². The van der Waals surface area contributed by atoms with Gasteiger partial charge in [-0.3, -0.25) is 9.36 Å². The zero-order valence-electron chi connectivity index (χ0n) is 11.7. The maximum Gasteiger partial charge on any atom is 0.218 e. The molecule has 2 rings (SSSR count). The van der Waals surface area contributed by atoms with E-state index in [1.807, 2.05) is 10.8 Å². The number of carbonyl (C=O) groups excluding carboxylic acids is 1. The molecule has 2 N–H and O–H groups in total. The van der Waals surface area contributed by atoms with Gasteiger partial charge in [-0.15, -0.1) is 0 Å². The number of primary amides is 1. The Bertz CT molecular complexity index is 575. The molecule has 5 heteroatoms. The quantitative estimate of drug-likeness (QED) is 0.832. The van der Waals surface area contributed by atoms with Crippen molar-refractivity contribution in [3.8, 4) is 5.69 Å². The minimum Gasteiger partial charge on any atom is -0.370 e. The summed E-state index contributed by atoms with van der Waals surface area (Å²) in [4.78, 5) is 15.1. The molecular weight excluding hydrogens is 270 g/mol. The van der Waals surface area contributed by atoms with Crippen molar-refractivity contribution < 1.29 is 4.79 Å². The average molecular weight is 289 g/mol. The molecule has 0 saturated heterocycles. The van der Waals surface area contributed by atoms with Crippen LogP contribution in [-0.2, 0) is 4.79 Å². The zero-order valence-corrected chi connectivity index (χ0v) is 12.6. The highest BCUT2D eigenvalue weighted by Crippen LogP contribution is 2.22. The van der Waals surface area contributed by atoms with Gasteiger partial charge in [-0.2, -0.15) is 0 Å². The third-order valence-corrected chi connectivity index (χ3v) is 3.99. The lowest BCUT2D eigenvalue weighted by molar-refractivity contribution is -0.117. The fraction of sp³-hybridized carbons (Fsp3) is 0.333. The largest absolute Gasteiger partial charge is 0.370 e. The van der Waals surface area contributed by atoms with Crippen LogP contribution in [0.1, 0.15) is 31.7 Å². The Hall–Kier alpha value is -1.75. The number of benzene rings is 1. The van der Waals surface area contributed by atoms with Gasteiger partial charge in [0.2, 0.25) is 5.91 Å². The van der Waals surface area contributed by atoms with E-state index in [0.29, 0.717) is 18.1 Å². The van der Waals surface area contributed by atoms with Crippen molar-refractivity contribution in [1.29, 1.82) is 0 Å². The van der Waals surface area contributed by atoms with Crippen molar-refractivity contribution in [3.05, 3.63) is 42.2 Å². The molecule has 0 bridgehead atoms. The Kier molecular flexibility index (Phi) is 4.84. The molecule has 0 aliphatic rings. The van der Waals surface area contributed by atoms with Crippen molar-refractivity contribution >= 4 is 17.7 Å². The Morgan fingerprint density at radius 3 is 2.65 bits per heavy atom. The fourth-order valence-corrected chi connectivity index (χ4v) is 2.78. The number of aromatic nitrogens is 2. The standard InChI is InChI=1S/C15H19N3OS/c1-11(2)12-3-5-13(6-4-12)18-9-8-17-15(18)20-10-7-14(16)19/h3-6,8-9,11H,7,10H2,1-2H3,(H2,16,19). The van der Waals surface area contributed by atoms with Crippen molar-refractivity contribution in [2.24, 2.45) is 5.73 Å². The van der Waals surface area contributed by atoms with E-state index in [4.69, 9.17) is 5.73 Å². The topological polar surface area (TPSA) is 60.9 Å². The minimum absolute atomic E-state index is 0.281. The van der Waals surface area contributed by atoms with Crippen LogP contribution in [0.3, 0.4) is 0 Å². The van der Waals surface area contributed by atoms with Gasteiger partial charge in [0.25, 0.3) is 0 Å². The van der Waals surface area contributed by atoms with Gasteiger partial charge < -0.3 is 5.73 Å². The molecule has 0 saturated carbocycles. The summed E-state index contributed by atoms with van der Waals surface area (Å²) in [5, 5.41) is 0.878. The lowest BCUT2D eigenvalue weighted by Crippen LogP contribution is -2.11. The number of hydrogen-bond donors (Lipinski definition) is 1. The zero-order chi connectivity index (χ0) is 14.5. The van der Waals surface area contributed by atoms with E-state index in [9.17, 15) is 4.79 Å². The minimum atomic E-state index is -0.281. The van der Waals surface area contributed by atoms with E-state index in [-0.39, 0.29) is 5.91 Å². The summed E-state index contributed by atoms with van der Waals surface area (Å²) < 4.78 is 2.02. The van der Waals surface area contributed by atoms with Crippen molar-refractivity contribution in [2.75, 3.05) is 5.75 Å². The van der Waals surface area contributed by atoms with Gasteiger partial charge in [0, 0.05) is 30.3 Å². The van der Waals surface area contributed by atoms with Crippen LogP contribution in [0, 0.1) is 0 Å². The molecule has 106 valence electrons. The molecule has 1 heterocycles. The van der Waals surface area contributed by atoms with Crippen LogP contribution in [0.15, 0.2) is 41.8 Å². The summed E-state index contributed by atoms with van der Waals surface area (Å²) >= 11 is 1.54. The maximum absolute atomic E-state index is 10.8. The number of hydrogen-bond acceptors (Lipinski definition) is 3. The van der Waals surface area contributed by atoms with Crippen LogP contribution in [0.4, 0.5) is 0 Å². The van der Waals surface area contributed by atoms with Crippen molar-refractivity contribution in [3.63, 3.8) is 0 Å². The van der Waals surface area contributed by atoms with E-state index in [2.05, 4.69) is 43.1 Å². The highest BCUT2D eigenvalue weighted by Gasteiger charge is 2.07. The summed E-state index contributed by atoms with van der Waals surface area (Å²) in [7, 11) is 0. The van der Waals surface area contributed by atoms with E-state index >= 15 is 0 Å². The van der Waals surface area contributed by atoms with Gasteiger partial charge in [0.05, 0.1) is 0 Å². The number of nitrogens with two attached hydrogens (primary N) is 1. The molecular formula is C15H19N3OS. The lowest BCUT2D eigenvalue weighted by Gasteiger charge is -2.09. The third-order valence-electron chi connectivity index (χ3n) is 3.02. The molecule has 1 aromatic carbocycles. The van der Waals surface area contributed by atoms with Crippen molar-refractivity contribution in [1.82, 2.24) is 9.55 Å². The highest BCUT2D eigenvalue weighted by atomic mass is 32.2. The van der Waals surface area contributed by atoms with E-state index < -0.39 is 0 Å². The smallest absolute Gasteiger partial charge is 0.218 e. The second-order valence-corrected chi connectivity index (χ2v) is 5.95. The second kappa shape index (κ2) is 6.61. The van der Waals surface area contributed by atoms with E-state index in [1.54, 1.807) is 6.20 Å². The number of imidazole rings is 1. The normalized spacial score (nSPS) is 10.9. The SMILES string of the molecule is CC(C)c1ccc(-n2ccnc2SCCC(N)=O)cc1. The van der Waals surface area contributed by atoms with Gasteiger partial charge in [0.15, 0.2) is 5.16 Å². The number of thioether (sulfide) groups is 1. The number of carbonyl (C=O) groups is 1. The summed E-state index contributed by atoms with van der Waals surface area (Å²) in [5.41, 5.74) is 7.54. The first-order valence-electron chi connectivity index (χ1n) is 6.62. The van der Waals surface area contributed by atoms with Crippen LogP contribution >= 0.6 is 11.8 Å². The second-order valence-electron chi connectivity index (χ2n) is 4.89. The highest BCUT2D eigenvalue weighted by molar-refractivity contribution is 7.99. The molecule has 2 aromatic rings. The van der Waals surface area contributed by atoms with Gasteiger partial charge in [-0.05, 0) is 23.6 Å². The third kappa shape index (κ3) is 3.63. The Morgan fingerprint density at radius 1 is 1.35 bits per heavy atom. The Morgan fingerprint density at radius 2 is 2.05 bits per heavy atom. The van der Waals surface area contributed by atoms with Gasteiger partial charge >= 0.3 is 0 Å². The van der Waals surface area contributed by atoms with Gasteiger partial charge in [0.1, 0.15) is 0 Å². The summed E-state index contributed by atoms with van der Waals surface area (Å²) in [6, 6.07) is 8.46. The predicted molar refractivity (Wildman–Crippen MR) is 82.2 cm³/mol. The molecule has 1 amide bonds. The van der Waals surface area contributed by atoms with E-state index in [1.165, 1.54) is 17.3 Å². The number of amides is 1. The lowest BCUT2D eigenvalue weighted by atomic mass is 10.0. The summed E-state index contributed by atoms with van der Waals surface area (Å²) in [6.07, 6.45) is 4.06. The van der Waals surface area contributed by atoms with Crippen LogP contribution in [-0.4, -0.2) is 21.2 Å². The van der Waals surface area contributed by atoms with Crippen molar-refractivity contribution in [2.45, 2.75) is 31.3 Å². The van der Waals surface area contributed by atoms with Crippen LogP contribution in [0.25, 0.3) is 5.69 Å². The number of nitrogens with zero attached hydrogens (tertiary/aromatic N) is 2. The first kappa shape index (κ1) is 14.7. The Labute approximate surface area is 123 Å². The molecule has 0 aliphatic heterocycles. The average Bonchev–Trinajstić information content (AvgIpc) is 2.87. The maximum atomic E-state index is 10.8. The predicted octanol–water partition coefficient (Wildman–Crippen LogP) is 2.96. The first-order valence-corrected chi connectivity index (χ1v) is 7.61. The Balaban J connectivity index is 2.12. The molecule has 0 atom stereocenters. The molecule has 0 unspecified atom stereocenters. The number of rotatable bonds is 6.